The van der Waals surface area contributed by atoms with E-state index in [1.165, 1.54) is 11.1 Å². The molecule has 2 N–H and O–H groups in total. The van der Waals surface area contributed by atoms with Gasteiger partial charge in [0, 0.05) is 13.1 Å². The van der Waals surface area contributed by atoms with E-state index in [0.717, 1.165) is 18.7 Å². The summed E-state index contributed by atoms with van der Waals surface area (Å²) in [4.78, 5) is 0. The van der Waals surface area contributed by atoms with Crippen molar-refractivity contribution in [3.05, 3.63) is 59.2 Å². The van der Waals surface area contributed by atoms with Gasteiger partial charge in [-0.1, -0.05) is 35.9 Å². The fourth-order valence-electron chi connectivity index (χ4n) is 2.15. The molecule has 126 valence electrons. The minimum absolute atomic E-state index is 0. The largest absolute Gasteiger partial charge is 0.493 e. The Labute approximate surface area is 143 Å². The molecular formula is C18H24ClNO3. The predicted octanol–water partition coefficient (Wildman–Crippen LogP) is 3.09. The molecule has 2 rings (SSSR count). The number of halogens is 1. The lowest BCUT2D eigenvalue weighted by molar-refractivity contribution is 0.196. The summed E-state index contributed by atoms with van der Waals surface area (Å²) in [6.45, 7) is 3.92. The Morgan fingerprint density at radius 2 is 1.61 bits per heavy atom. The van der Waals surface area contributed by atoms with Crippen LogP contribution in [0.25, 0.3) is 0 Å². The summed E-state index contributed by atoms with van der Waals surface area (Å²) in [6.07, 6.45) is 0. The van der Waals surface area contributed by atoms with Crippen molar-refractivity contribution < 1.29 is 14.6 Å². The smallest absolute Gasteiger partial charge is 0.161 e. The molecule has 0 saturated carbocycles. The van der Waals surface area contributed by atoms with E-state index in [-0.39, 0.29) is 25.6 Å². The van der Waals surface area contributed by atoms with Crippen LogP contribution in [0.4, 0.5) is 0 Å². The van der Waals surface area contributed by atoms with Crippen LogP contribution in [-0.2, 0) is 13.1 Å². The lowest BCUT2D eigenvalue weighted by Gasteiger charge is -2.12. The minimum atomic E-state index is -0.0109. The summed E-state index contributed by atoms with van der Waals surface area (Å²) in [5.74, 6) is 1.34. The number of nitrogens with one attached hydrogen (secondary N) is 1. The van der Waals surface area contributed by atoms with Gasteiger partial charge in [0.1, 0.15) is 6.61 Å². The first-order valence-corrected chi connectivity index (χ1v) is 7.40. The molecule has 2 aromatic carbocycles. The van der Waals surface area contributed by atoms with Gasteiger partial charge in [-0.25, -0.2) is 0 Å². The lowest BCUT2D eigenvalue weighted by Crippen LogP contribution is -2.12. The van der Waals surface area contributed by atoms with E-state index in [9.17, 15) is 0 Å². The first kappa shape index (κ1) is 19.3. The Hall–Kier alpha value is -1.75. The molecule has 0 saturated heterocycles. The summed E-state index contributed by atoms with van der Waals surface area (Å²) < 4.78 is 10.7. The molecule has 0 heterocycles. The highest BCUT2D eigenvalue weighted by Crippen LogP contribution is 2.27. The third-order valence-corrected chi connectivity index (χ3v) is 3.36. The fourth-order valence-corrected chi connectivity index (χ4v) is 2.15. The zero-order chi connectivity index (χ0) is 15.8. The molecule has 0 aliphatic rings. The van der Waals surface area contributed by atoms with Gasteiger partial charge in [-0.2, -0.15) is 0 Å². The van der Waals surface area contributed by atoms with E-state index >= 15 is 0 Å². The molecule has 0 bridgehead atoms. The maximum atomic E-state index is 8.81. The van der Waals surface area contributed by atoms with Gasteiger partial charge in [-0.3, -0.25) is 0 Å². The Balaban J connectivity index is 0.00000264. The molecule has 0 amide bonds. The molecule has 2 aromatic rings. The second kappa shape index (κ2) is 10.1. The number of aliphatic hydroxyl groups is 1. The standard InChI is InChI=1S/C18H23NO3.ClH/c1-14-3-5-15(6-4-14)12-19-13-16-7-8-17(22-10-9-20)18(11-16)21-2;/h3-8,11,19-20H,9-10,12-13H2,1-2H3;1H. The van der Waals surface area contributed by atoms with Crippen molar-refractivity contribution in [3.63, 3.8) is 0 Å². The van der Waals surface area contributed by atoms with Crippen molar-refractivity contribution >= 4 is 12.4 Å². The number of ether oxygens (including phenoxy) is 2. The van der Waals surface area contributed by atoms with Gasteiger partial charge < -0.3 is 19.9 Å². The summed E-state index contributed by atoms with van der Waals surface area (Å²) in [7, 11) is 1.62. The van der Waals surface area contributed by atoms with Crippen molar-refractivity contribution in [2.75, 3.05) is 20.3 Å². The molecule has 0 aliphatic carbocycles. The van der Waals surface area contributed by atoms with Crippen molar-refractivity contribution in [2.24, 2.45) is 0 Å². The van der Waals surface area contributed by atoms with Crippen molar-refractivity contribution in [1.82, 2.24) is 5.32 Å². The van der Waals surface area contributed by atoms with E-state index in [1.54, 1.807) is 7.11 Å². The molecule has 0 aliphatic heterocycles. The van der Waals surface area contributed by atoms with Crippen LogP contribution in [0.2, 0.25) is 0 Å². The van der Waals surface area contributed by atoms with Gasteiger partial charge >= 0.3 is 0 Å². The average molecular weight is 338 g/mol. The molecule has 23 heavy (non-hydrogen) atoms. The second-order valence-electron chi connectivity index (χ2n) is 5.15. The number of benzene rings is 2. The van der Waals surface area contributed by atoms with Crippen LogP contribution in [0.3, 0.4) is 0 Å². The predicted molar refractivity (Wildman–Crippen MR) is 94.5 cm³/mol. The van der Waals surface area contributed by atoms with Gasteiger partial charge in [0.25, 0.3) is 0 Å². The second-order valence-corrected chi connectivity index (χ2v) is 5.15. The Kier molecular flexibility index (Phi) is 8.48. The first-order valence-electron chi connectivity index (χ1n) is 7.40. The third kappa shape index (κ3) is 6.10. The maximum Gasteiger partial charge on any atom is 0.161 e. The number of methoxy groups -OCH3 is 1. The average Bonchev–Trinajstić information content (AvgIpc) is 2.55. The Morgan fingerprint density at radius 1 is 0.957 bits per heavy atom. The quantitative estimate of drug-likeness (QED) is 0.777. The molecular weight excluding hydrogens is 314 g/mol. The zero-order valence-corrected chi connectivity index (χ0v) is 14.4. The summed E-state index contributed by atoms with van der Waals surface area (Å²) in [5.41, 5.74) is 3.66. The Morgan fingerprint density at radius 3 is 2.26 bits per heavy atom. The number of hydrogen-bond acceptors (Lipinski definition) is 4. The number of hydrogen-bond donors (Lipinski definition) is 2. The van der Waals surface area contributed by atoms with Crippen molar-refractivity contribution in [1.29, 1.82) is 0 Å². The van der Waals surface area contributed by atoms with Crippen LogP contribution >= 0.6 is 12.4 Å². The zero-order valence-electron chi connectivity index (χ0n) is 13.5. The van der Waals surface area contributed by atoms with E-state index in [0.29, 0.717) is 11.5 Å². The molecule has 0 spiro atoms. The third-order valence-electron chi connectivity index (χ3n) is 3.36. The van der Waals surface area contributed by atoms with Crippen LogP contribution in [0.15, 0.2) is 42.5 Å². The highest BCUT2D eigenvalue weighted by molar-refractivity contribution is 5.85. The van der Waals surface area contributed by atoms with Gasteiger partial charge in [0.05, 0.1) is 13.7 Å². The van der Waals surface area contributed by atoms with Gasteiger partial charge in [-0.15, -0.1) is 12.4 Å². The van der Waals surface area contributed by atoms with Gasteiger partial charge in [0.15, 0.2) is 11.5 Å². The van der Waals surface area contributed by atoms with Crippen molar-refractivity contribution in [2.45, 2.75) is 20.0 Å². The summed E-state index contributed by atoms with van der Waals surface area (Å²) >= 11 is 0. The van der Waals surface area contributed by atoms with Gasteiger partial charge in [-0.05, 0) is 30.2 Å². The van der Waals surface area contributed by atoms with Crippen LogP contribution in [0.5, 0.6) is 11.5 Å². The molecule has 5 heteroatoms. The van der Waals surface area contributed by atoms with Crippen LogP contribution in [0, 0.1) is 6.92 Å². The normalized spacial score (nSPS) is 10.0. The van der Waals surface area contributed by atoms with Crippen LogP contribution < -0.4 is 14.8 Å². The molecule has 4 nitrogen and oxygen atoms in total. The lowest BCUT2D eigenvalue weighted by atomic mass is 10.1. The molecule has 0 radical (unpaired) electrons. The van der Waals surface area contributed by atoms with Gasteiger partial charge in [0.2, 0.25) is 0 Å². The molecule has 0 aromatic heterocycles. The molecule has 0 atom stereocenters. The van der Waals surface area contributed by atoms with E-state index in [1.807, 2.05) is 18.2 Å². The highest BCUT2D eigenvalue weighted by atomic mass is 35.5. The maximum absolute atomic E-state index is 8.81. The van der Waals surface area contributed by atoms with Crippen molar-refractivity contribution in [3.8, 4) is 11.5 Å². The first-order chi connectivity index (χ1) is 10.7. The van der Waals surface area contributed by atoms with E-state index in [2.05, 4.69) is 36.5 Å². The van der Waals surface area contributed by atoms with E-state index in [4.69, 9.17) is 14.6 Å². The van der Waals surface area contributed by atoms with Crippen LogP contribution in [0.1, 0.15) is 16.7 Å². The highest BCUT2D eigenvalue weighted by Gasteiger charge is 2.05. The fraction of sp³-hybridized carbons (Fsp3) is 0.333. The monoisotopic (exact) mass is 337 g/mol. The topological polar surface area (TPSA) is 50.7 Å². The minimum Gasteiger partial charge on any atom is -0.493 e. The molecule has 0 unspecified atom stereocenters. The summed E-state index contributed by atoms with van der Waals surface area (Å²) in [6, 6.07) is 14.3. The van der Waals surface area contributed by atoms with E-state index < -0.39 is 0 Å². The number of aliphatic hydroxyl groups excluding tert-OH is 1. The summed E-state index contributed by atoms with van der Waals surface area (Å²) in [5, 5.41) is 12.2. The number of aryl methyl sites for hydroxylation is 1. The SMILES string of the molecule is COc1cc(CNCc2ccc(C)cc2)ccc1OCCO.Cl. The Bertz CT molecular complexity index is 587. The molecule has 0 fully saturated rings. The van der Waals surface area contributed by atoms with Crippen LogP contribution in [-0.4, -0.2) is 25.4 Å². The number of rotatable bonds is 8.